The van der Waals surface area contributed by atoms with E-state index < -0.39 is 5.97 Å². The van der Waals surface area contributed by atoms with E-state index in [0.717, 1.165) is 14.9 Å². The van der Waals surface area contributed by atoms with Crippen molar-refractivity contribution in [1.82, 2.24) is 0 Å². The third-order valence-electron chi connectivity index (χ3n) is 2.77. The molecule has 0 aliphatic rings. The van der Waals surface area contributed by atoms with Gasteiger partial charge in [-0.1, -0.05) is 12.1 Å². The Morgan fingerprint density at radius 2 is 1.90 bits per heavy atom. The molecule has 0 bridgehead atoms. The number of carboxylic acids is 1. The lowest BCUT2D eigenvalue weighted by molar-refractivity contribution is 0.0691. The summed E-state index contributed by atoms with van der Waals surface area (Å²) in [4.78, 5) is 11.2. The van der Waals surface area contributed by atoms with Crippen LogP contribution in [0.2, 0.25) is 0 Å². The van der Waals surface area contributed by atoms with Crippen molar-refractivity contribution in [3.05, 3.63) is 57.2 Å². The van der Waals surface area contributed by atoms with E-state index in [1.54, 1.807) is 12.1 Å². The predicted octanol–water partition coefficient (Wildman–Crippen LogP) is 3.76. The van der Waals surface area contributed by atoms with Gasteiger partial charge in [0.2, 0.25) is 0 Å². The van der Waals surface area contributed by atoms with Gasteiger partial charge in [-0.3, -0.25) is 0 Å². The number of hydrogen-bond donors (Lipinski definition) is 1. The van der Waals surface area contributed by atoms with Crippen LogP contribution in [0.5, 0.6) is 11.5 Å². The fourth-order valence-electron chi connectivity index (χ4n) is 1.81. The van der Waals surface area contributed by atoms with Crippen LogP contribution in [0.1, 0.15) is 15.9 Å². The van der Waals surface area contributed by atoms with Crippen molar-refractivity contribution in [1.29, 1.82) is 0 Å². The topological polar surface area (TPSA) is 55.8 Å². The first-order valence-electron chi connectivity index (χ1n) is 6.41. The molecule has 0 amide bonds. The molecular formula is C16H15IO4. The minimum absolute atomic E-state index is 0.164. The zero-order chi connectivity index (χ0) is 15.2. The summed E-state index contributed by atoms with van der Waals surface area (Å²) in [6.45, 7) is 2.64. The Morgan fingerprint density at radius 3 is 2.62 bits per heavy atom. The lowest BCUT2D eigenvalue weighted by Crippen LogP contribution is -2.11. The van der Waals surface area contributed by atoms with Crippen LogP contribution in [0.25, 0.3) is 0 Å². The summed E-state index contributed by atoms with van der Waals surface area (Å²) in [6, 6.07) is 12.8. The summed E-state index contributed by atoms with van der Waals surface area (Å²) >= 11 is 2.07. The number of aromatic carboxylic acids is 1. The van der Waals surface area contributed by atoms with Crippen LogP contribution >= 0.6 is 22.6 Å². The van der Waals surface area contributed by atoms with Crippen molar-refractivity contribution < 1.29 is 19.4 Å². The van der Waals surface area contributed by atoms with Crippen LogP contribution in [-0.2, 0) is 0 Å². The van der Waals surface area contributed by atoms with Crippen molar-refractivity contribution in [3.63, 3.8) is 0 Å². The Hall–Kier alpha value is -1.76. The SMILES string of the molecule is Cc1cccc(OCCOc2ccc(I)cc2C(=O)O)c1. The fourth-order valence-corrected chi connectivity index (χ4v) is 2.30. The first-order valence-corrected chi connectivity index (χ1v) is 7.49. The van der Waals surface area contributed by atoms with Crippen molar-refractivity contribution in [2.75, 3.05) is 13.2 Å². The summed E-state index contributed by atoms with van der Waals surface area (Å²) in [6.07, 6.45) is 0. The molecule has 110 valence electrons. The van der Waals surface area contributed by atoms with E-state index >= 15 is 0 Å². The average molecular weight is 398 g/mol. The van der Waals surface area contributed by atoms with Gasteiger partial charge in [-0.15, -0.1) is 0 Å². The molecular weight excluding hydrogens is 383 g/mol. The minimum Gasteiger partial charge on any atom is -0.490 e. The van der Waals surface area contributed by atoms with E-state index in [0.29, 0.717) is 12.4 Å². The number of halogens is 1. The van der Waals surface area contributed by atoms with Gasteiger partial charge >= 0.3 is 5.97 Å². The van der Waals surface area contributed by atoms with Crippen molar-refractivity contribution in [2.24, 2.45) is 0 Å². The highest BCUT2D eigenvalue weighted by Gasteiger charge is 2.11. The van der Waals surface area contributed by atoms with Gasteiger partial charge in [-0.2, -0.15) is 0 Å². The van der Waals surface area contributed by atoms with Crippen molar-refractivity contribution in [3.8, 4) is 11.5 Å². The van der Waals surface area contributed by atoms with Crippen LogP contribution in [0.15, 0.2) is 42.5 Å². The Labute approximate surface area is 136 Å². The quantitative estimate of drug-likeness (QED) is 0.595. The molecule has 1 N–H and O–H groups in total. The van der Waals surface area contributed by atoms with Gasteiger partial charge in [0.25, 0.3) is 0 Å². The maximum atomic E-state index is 11.2. The zero-order valence-corrected chi connectivity index (χ0v) is 13.7. The normalized spacial score (nSPS) is 10.2. The monoisotopic (exact) mass is 398 g/mol. The van der Waals surface area contributed by atoms with Gasteiger partial charge in [-0.05, 0) is 65.4 Å². The summed E-state index contributed by atoms with van der Waals surface area (Å²) in [7, 11) is 0. The number of carboxylic acid groups (broad SMARTS) is 1. The number of benzene rings is 2. The lowest BCUT2D eigenvalue weighted by atomic mass is 10.2. The van der Waals surface area contributed by atoms with Crippen LogP contribution in [0, 0.1) is 10.5 Å². The van der Waals surface area contributed by atoms with Gasteiger partial charge in [-0.25, -0.2) is 4.79 Å². The van der Waals surface area contributed by atoms with E-state index in [2.05, 4.69) is 22.6 Å². The number of ether oxygens (including phenoxy) is 2. The maximum Gasteiger partial charge on any atom is 0.339 e. The second kappa shape index (κ2) is 7.31. The van der Waals surface area contributed by atoms with Gasteiger partial charge in [0.05, 0.1) is 0 Å². The van der Waals surface area contributed by atoms with Crippen LogP contribution in [0.3, 0.4) is 0 Å². The van der Waals surface area contributed by atoms with Gasteiger partial charge in [0, 0.05) is 3.57 Å². The molecule has 0 atom stereocenters. The van der Waals surface area contributed by atoms with Gasteiger partial charge in [0.15, 0.2) is 0 Å². The second-order valence-electron chi connectivity index (χ2n) is 4.46. The first kappa shape index (κ1) is 15.6. The number of aryl methyl sites for hydroxylation is 1. The molecule has 2 aromatic rings. The highest BCUT2D eigenvalue weighted by Crippen LogP contribution is 2.21. The summed E-state index contributed by atoms with van der Waals surface area (Å²) in [5.41, 5.74) is 1.29. The third-order valence-corrected chi connectivity index (χ3v) is 3.44. The molecule has 2 rings (SSSR count). The maximum absolute atomic E-state index is 11.2. The van der Waals surface area contributed by atoms with Crippen LogP contribution in [0.4, 0.5) is 0 Å². The smallest absolute Gasteiger partial charge is 0.339 e. The molecule has 4 nitrogen and oxygen atoms in total. The molecule has 0 aliphatic heterocycles. The summed E-state index contributed by atoms with van der Waals surface area (Å²) in [5.74, 6) is 0.138. The molecule has 21 heavy (non-hydrogen) atoms. The van der Waals surface area contributed by atoms with E-state index in [9.17, 15) is 4.79 Å². The number of hydrogen-bond acceptors (Lipinski definition) is 3. The van der Waals surface area contributed by atoms with E-state index in [-0.39, 0.29) is 12.2 Å². The van der Waals surface area contributed by atoms with Crippen molar-refractivity contribution >= 4 is 28.6 Å². The highest BCUT2D eigenvalue weighted by molar-refractivity contribution is 14.1. The third kappa shape index (κ3) is 4.63. The largest absolute Gasteiger partial charge is 0.490 e. The van der Waals surface area contributed by atoms with Crippen molar-refractivity contribution in [2.45, 2.75) is 6.92 Å². The van der Waals surface area contributed by atoms with Gasteiger partial charge < -0.3 is 14.6 Å². The predicted molar refractivity (Wildman–Crippen MR) is 88.3 cm³/mol. The Morgan fingerprint density at radius 1 is 1.14 bits per heavy atom. The molecule has 0 aromatic heterocycles. The molecule has 0 saturated heterocycles. The standard InChI is InChI=1S/C16H15IO4/c1-11-3-2-4-13(9-11)20-7-8-21-15-6-5-12(17)10-14(15)16(18)19/h2-6,9-10H,7-8H2,1H3,(H,18,19). The molecule has 0 spiro atoms. The van der Waals surface area contributed by atoms with Crippen LogP contribution < -0.4 is 9.47 Å². The Kier molecular flexibility index (Phi) is 5.44. The highest BCUT2D eigenvalue weighted by atomic mass is 127. The average Bonchev–Trinajstić information content (AvgIpc) is 2.44. The molecule has 0 aliphatic carbocycles. The van der Waals surface area contributed by atoms with E-state index in [1.807, 2.05) is 37.3 Å². The molecule has 0 radical (unpaired) electrons. The molecule has 0 saturated carbocycles. The Balaban J connectivity index is 1.90. The van der Waals surface area contributed by atoms with E-state index in [4.69, 9.17) is 14.6 Å². The summed E-state index contributed by atoms with van der Waals surface area (Å²) in [5, 5.41) is 9.14. The molecule has 0 heterocycles. The van der Waals surface area contributed by atoms with Gasteiger partial charge in [0.1, 0.15) is 30.3 Å². The molecule has 2 aromatic carbocycles. The fraction of sp³-hybridized carbons (Fsp3) is 0.188. The lowest BCUT2D eigenvalue weighted by Gasteiger charge is -2.11. The number of rotatable bonds is 6. The summed E-state index contributed by atoms with van der Waals surface area (Å²) < 4.78 is 11.9. The molecule has 5 heteroatoms. The second-order valence-corrected chi connectivity index (χ2v) is 5.70. The first-order chi connectivity index (χ1) is 10.1. The molecule has 0 fully saturated rings. The zero-order valence-electron chi connectivity index (χ0n) is 11.5. The Bertz CT molecular complexity index is 640. The van der Waals surface area contributed by atoms with E-state index in [1.165, 1.54) is 0 Å². The number of carbonyl (C=O) groups is 1. The minimum atomic E-state index is -0.997. The molecule has 0 unspecified atom stereocenters. The van der Waals surface area contributed by atoms with Crippen LogP contribution in [-0.4, -0.2) is 24.3 Å².